The number of hydrogen-bond donors (Lipinski definition) is 1. The molecule has 0 amide bonds. The van der Waals surface area contributed by atoms with Crippen LogP contribution in [0.2, 0.25) is 0 Å². The summed E-state index contributed by atoms with van der Waals surface area (Å²) >= 11 is 0. The Morgan fingerprint density at radius 2 is 2.15 bits per heavy atom. The van der Waals surface area contributed by atoms with Gasteiger partial charge in [-0.1, -0.05) is 18.9 Å². The highest BCUT2D eigenvalue weighted by atomic mass is 15.6. The summed E-state index contributed by atoms with van der Waals surface area (Å²) < 4.78 is 1.77. The Hall–Kier alpha value is -1.13. The van der Waals surface area contributed by atoms with Crippen LogP contribution in [0.4, 0.5) is 5.95 Å². The molecule has 0 aliphatic heterocycles. The molecule has 1 saturated carbocycles. The topological polar surface area (TPSA) is 69.6 Å². The minimum Gasteiger partial charge on any atom is -0.367 e. The van der Waals surface area contributed by atoms with Crippen LogP contribution < -0.4 is 5.73 Å². The van der Waals surface area contributed by atoms with Gasteiger partial charge in [0.25, 0.3) is 0 Å². The lowest BCUT2D eigenvalue weighted by atomic mass is 10.00. The number of nitrogen functional groups attached to an aromatic ring is 1. The quantitative estimate of drug-likeness (QED) is 0.751. The third kappa shape index (κ3) is 1.50. The van der Waals surface area contributed by atoms with Gasteiger partial charge in [-0.05, 0) is 35.1 Å². The first-order valence-electron chi connectivity index (χ1n) is 4.73. The lowest BCUT2D eigenvalue weighted by Crippen LogP contribution is -2.20. The van der Waals surface area contributed by atoms with Crippen LogP contribution in [0.3, 0.4) is 0 Å². The summed E-state index contributed by atoms with van der Waals surface area (Å²) in [5.41, 5.74) is 5.67. The van der Waals surface area contributed by atoms with E-state index in [1.807, 2.05) is 0 Å². The standard InChI is InChI=1S/C8H15N5/c1-5(2)7(6-3-4-6)13-8(9)10-11-12-13/h5-7H,3-4H2,1-2H3,(H2,9,10,12). The molecule has 1 aliphatic rings. The van der Waals surface area contributed by atoms with Crippen LogP contribution >= 0.6 is 0 Å². The van der Waals surface area contributed by atoms with Crippen LogP contribution in [0.5, 0.6) is 0 Å². The highest BCUT2D eigenvalue weighted by molar-refractivity contribution is 5.12. The van der Waals surface area contributed by atoms with E-state index in [0.29, 0.717) is 17.9 Å². The number of aromatic nitrogens is 4. The van der Waals surface area contributed by atoms with Gasteiger partial charge >= 0.3 is 0 Å². The molecule has 0 spiro atoms. The fourth-order valence-electron chi connectivity index (χ4n) is 1.88. The fraction of sp³-hybridized carbons (Fsp3) is 0.875. The average Bonchev–Trinajstić information content (AvgIpc) is 2.78. The summed E-state index contributed by atoms with van der Waals surface area (Å²) in [5, 5.41) is 11.2. The van der Waals surface area contributed by atoms with Gasteiger partial charge in [0.05, 0.1) is 6.04 Å². The second kappa shape index (κ2) is 2.97. The molecular formula is C8H15N5. The number of nitrogens with zero attached hydrogens (tertiary/aromatic N) is 4. The molecule has 0 bridgehead atoms. The molecule has 2 rings (SSSR count). The number of hydrogen-bond acceptors (Lipinski definition) is 4. The van der Waals surface area contributed by atoms with E-state index in [1.54, 1.807) is 4.68 Å². The molecule has 0 saturated heterocycles. The van der Waals surface area contributed by atoms with Crippen molar-refractivity contribution in [2.45, 2.75) is 32.7 Å². The summed E-state index contributed by atoms with van der Waals surface area (Å²) in [4.78, 5) is 0. The van der Waals surface area contributed by atoms with Crippen LogP contribution in [0.25, 0.3) is 0 Å². The zero-order valence-corrected chi connectivity index (χ0v) is 8.01. The first kappa shape index (κ1) is 8.47. The highest BCUT2D eigenvalue weighted by Gasteiger charge is 2.36. The van der Waals surface area contributed by atoms with Crippen molar-refractivity contribution in [1.82, 2.24) is 20.2 Å². The van der Waals surface area contributed by atoms with Crippen LogP contribution in [0, 0.1) is 11.8 Å². The molecule has 1 atom stereocenters. The van der Waals surface area contributed by atoms with E-state index in [0.717, 1.165) is 5.92 Å². The summed E-state index contributed by atoms with van der Waals surface area (Å²) in [5.74, 6) is 1.70. The van der Waals surface area contributed by atoms with Gasteiger partial charge in [0.15, 0.2) is 0 Å². The molecule has 0 aromatic carbocycles. The predicted octanol–water partition coefficient (Wildman–Crippen LogP) is 0.862. The van der Waals surface area contributed by atoms with Gasteiger partial charge in [0.1, 0.15) is 0 Å². The van der Waals surface area contributed by atoms with Crippen molar-refractivity contribution in [3.05, 3.63) is 0 Å². The molecule has 0 radical (unpaired) electrons. The van der Waals surface area contributed by atoms with E-state index in [4.69, 9.17) is 5.73 Å². The highest BCUT2D eigenvalue weighted by Crippen LogP contribution is 2.43. The van der Waals surface area contributed by atoms with E-state index in [-0.39, 0.29) is 0 Å². The van der Waals surface area contributed by atoms with Gasteiger partial charge in [0.2, 0.25) is 5.95 Å². The largest absolute Gasteiger partial charge is 0.367 e. The Morgan fingerprint density at radius 1 is 1.46 bits per heavy atom. The molecule has 1 aromatic rings. The van der Waals surface area contributed by atoms with E-state index in [1.165, 1.54) is 12.8 Å². The zero-order chi connectivity index (χ0) is 9.42. The lowest BCUT2D eigenvalue weighted by Gasteiger charge is -2.20. The number of tetrazole rings is 1. The van der Waals surface area contributed by atoms with Crippen LogP contribution in [-0.2, 0) is 0 Å². The van der Waals surface area contributed by atoms with Crippen molar-refractivity contribution in [2.75, 3.05) is 5.73 Å². The average molecular weight is 181 g/mol. The zero-order valence-electron chi connectivity index (χ0n) is 8.01. The molecule has 72 valence electrons. The van der Waals surface area contributed by atoms with Crippen molar-refractivity contribution in [1.29, 1.82) is 0 Å². The molecule has 13 heavy (non-hydrogen) atoms. The maximum absolute atomic E-state index is 5.67. The van der Waals surface area contributed by atoms with Crippen molar-refractivity contribution < 1.29 is 0 Å². The van der Waals surface area contributed by atoms with Crippen molar-refractivity contribution in [2.24, 2.45) is 11.8 Å². The van der Waals surface area contributed by atoms with Gasteiger partial charge in [-0.25, -0.2) is 4.68 Å². The Kier molecular flexibility index (Phi) is 1.94. The number of nitrogens with two attached hydrogens (primary N) is 1. The molecule has 1 fully saturated rings. The fourth-order valence-corrected chi connectivity index (χ4v) is 1.88. The smallest absolute Gasteiger partial charge is 0.240 e. The Bertz CT molecular complexity index is 286. The molecule has 1 heterocycles. The molecular weight excluding hydrogens is 166 g/mol. The summed E-state index contributed by atoms with van der Waals surface area (Å²) in [6.45, 7) is 4.37. The maximum atomic E-state index is 5.67. The Labute approximate surface area is 77.3 Å². The van der Waals surface area contributed by atoms with Crippen LogP contribution in [0.1, 0.15) is 32.7 Å². The third-order valence-corrected chi connectivity index (χ3v) is 2.59. The molecule has 1 aromatic heterocycles. The minimum atomic E-state index is 0.384. The van der Waals surface area contributed by atoms with Gasteiger partial charge < -0.3 is 5.73 Å². The van der Waals surface area contributed by atoms with Crippen molar-refractivity contribution in [3.8, 4) is 0 Å². The van der Waals surface area contributed by atoms with Crippen LogP contribution in [0.15, 0.2) is 0 Å². The molecule has 1 aliphatic carbocycles. The van der Waals surface area contributed by atoms with Gasteiger partial charge in [-0.3, -0.25) is 0 Å². The summed E-state index contributed by atoms with van der Waals surface area (Å²) in [7, 11) is 0. The van der Waals surface area contributed by atoms with E-state index >= 15 is 0 Å². The van der Waals surface area contributed by atoms with Gasteiger partial charge in [-0.15, -0.1) is 0 Å². The first-order valence-corrected chi connectivity index (χ1v) is 4.73. The maximum Gasteiger partial charge on any atom is 0.240 e. The number of rotatable bonds is 3. The Morgan fingerprint density at radius 3 is 2.54 bits per heavy atom. The summed E-state index contributed by atoms with van der Waals surface area (Å²) in [6.07, 6.45) is 2.56. The van der Waals surface area contributed by atoms with E-state index < -0.39 is 0 Å². The van der Waals surface area contributed by atoms with E-state index in [9.17, 15) is 0 Å². The van der Waals surface area contributed by atoms with Crippen LogP contribution in [-0.4, -0.2) is 20.2 Å². The first-order chi connectivity index (χ1) is 6.20. The van der Waals surface area contributed by atoms with E-state index in [2.05, 4.69) is 29.4 Å². The molecule has 5 heteroatoms. The minimum absolute atomic E-state index is 0.384. The monoisotopic (exact) mass is 181 g/mol. The Balaban J connectivity index is 2.24. The lowest BCUT2D eigenvalue weighted by molar-refractivity contribution is 0.307. The van der Waals surface area contributed by atoms with Gasteiger partial charge in [-0.2, -0.15) is 0 Å². The molecule has 2 N–H and O–H groups in total. The van der Waals surface area contributed by atoms with Crippen molar-refractivity contribution >= 4 is 5.95 Å². The summed E-state index contributed by atoms with van der Waals surface area (Å²) in [6, 6.07) is 0.384. The predicted molar refractivity (Wildman–Crippen MR) is 48.8 cm³/mol. The normalized spacial score (nSPS) is 19.3. The van der Waals surface area contributed by atoms with Gasteiger partial charge in [0, 0.05) is 0 Å². The second-order valence-corrected chi connectivity index (χ2v) is 4.05. The second-order valence-electron chi connectivity index (χ2n) is 4.05. The third-order valence-electron chi connectivity index (χ3n) is 2.59. The SMILES string of the molecule is CC(C)C(C1CC1)n1nnnc1N. The molecule has 1 unspecified atom stereocenters. The van der Waals surface area contributed by atoms with Crippen molar-refractivity contribution in [3.63, 3.8) is 0 Å². The number of anilines is 1. The molecule has 5 nitrogen and oxygen atoms in total.